The van der Waals surface area contributed by atoms with Gasteiger partial charge in [-0.05, 0) is 37.1 Å². The number of nitrogens with one attached hydrogen (secondary N) is 1. The van der Waals surface area contributed by atoms with E-state index in [9.17, 15) is 19.5 Å². The molecule has 1 fully saturated rings. The molecule has 2 heterocycles. The number of fused-ring (bicyclic) bond motifs is 1. The van der Waals surface area contributed by atoms with E-state index in [1.807, 2.05) is 0 Å². The second-order valence-electron chi connectivity index (χ2n) is 8.39. The van der Waals surface area contributed by atoms with Crippen LogP contribution in [0.3, 0.4) is 0 Å². The topological polar surface area (TPSA) is 99.2 Å². The van der Waals surface area contributed by atoms with E-state index in [4.69, 9.17) is 27.9 Å². The number of rotatable bonds is 8. The monoisotopic (exact) mass is 505 g/mol. The molecule has 34 heavy (non-hydrogen) atoms. The number of aliphatic hydroxyl groups excluding tert-OH is 1. The number of likely N-dealkylation sites (tertiary alicyclic amines) is 1. The van der Waals surface area contributed by atoms with E-state index in [1.165, 1.54) is 0 Å². The van der Waals surface area contributed by atoms with Crippen molar-refractivity contribution in [3.05, 3.63) is 63.6 Å². The van der Waals surface area contributed by atoms with Crippen LogP contribution in [0, 0.1) is 0 Å². The van der Waals surface area contributed by atoms with Crippen LogP contribution < -0.4 is 10.1 Å². The number of aliphatic hydroxyl groups is 1. The van der Waals surface area contributed by atoms with Crippen molar-refractivity contribution in [2.75, 3.05) is 32.7 Å². The van der Waals surface area contributed by atoms with Crippen molar-refractivity contribution < 1.29 is 24.2 Å². The van der Waals surface area contributed by atoms with Gasteiger partial charge in [-0.15, -0.1) is 0 Å². The highest BCUT2D eigenvalue weighted by Gasteiger charge is 2.36. The Balaban J connectivity index is 1.17. The van der Waals surface area contributed by atoms with Gasteiger partial charge in [0.15, 0.2) is 0 Å². The third kappa shape index (κ3) is 5.70. The van der Waals surface area contributed by atoms with Crippen molar-refractivity contribution >= 4 is 40.9 Å². The summed E-state index contributed by atoms with van der Waals surface area (Å²) in [6, 6.07) is 11.7. The summed E-state index contributed by atoms with van der Waals surface area (Å²) < 4.78 is 5.98. The Morgan fingerprint density at radius 3 is 2.32 bits per heavy atom. The van der Waals surface area contributed by atoms with E-state index in [-0.39, 0.29) is 19.2 Å². The number of halogens is 2. The van der Waals surface area contributed by atoms with Crippen LogP contribution in [0.25, 0.3) is 0 Å². The summed E-state index contributed by atoms with van der Waals surface area (Å²) in [5, 5.41) is 13.9. The Bertz CT molecular complexity index is 1050. The number of β-amino-alcohol motifs (C(OH)–C–C–N with tert-alkyl or cyclic N) is 1. The highest BCUT2D eigenvalue weighted by atomic mass is 35.5. The first-order valence-electron chi connectivity index (χ1n) is 11.1. The van der Waals surface area contributed by atoms with Crippen LogP contribution in [0.4, 0.5) is 0 Å². The maximum absolute atomic E-state index is 12.4. The minimum Gasteiger partial charge on any atom is -0.490 e. The number of benzene rings is 2. The molecular formula is C24H25Cl2N3O5. The number of ether oxygens (including phenoxy) is 1. The van der Waals surface area contributed by atoms with Gasteiger partial charge < -0.3 is 20.1 Å². The Morgan fingerprint density at radius 2 is 1.71 bits per heavy atom. The smallest absolute Gasteiger partial charge is 0.262 e. The number of carbonyl (C=O) groups is 3. The summed E-state index contributed by atoms with van der Waals surface area (Å²) >= 11 is 12.0. The summed E-state index contributed by atoms with van der Waals surface area (Å²) in [5.41, 5.74) is 0.596. The van der Waals surface area contributed by atoms with Gasteiger partial charge >= 0.3 is 0 Å². The molecule has 0 radical (unpaired) electrons. The number of amides is 3. The molecule has 2 aromatic rings. The molecule has 2 N–H and O–H groups in total. The number of hydrogen-bond donors (Lipinski definition) is 2. The standard InChI is InChI=1S/C24H25Cl2N3O5/c25-20-6-5-17(11-21(20)26)34-16-7-9-28(10-8-16)13-15(30)12-27-22(31)14-29-23(32)18-3-1-2-4-19(18)24(29)33/h1-6,11,15-16,30H,7-10,12-14H2,(H,27,31)/t15-/m1/s1. The summed E-state index contributed by atoms with van der Waals surface area (Å²) in [6.45, 7) is 1.53. The number of hydrogen-bond acceptors (Lipinski definition) is 6. The molecule has 180 valence electrons. The fraction of sp³-hybridized carbons (Fsp3) is 0.375. The lowest BCUT2D eigenvalue weighted by Gasteiger charge is -2.33. The molecule has 1 saturated heterocycles. The van der Waals surface area contributed by atoms with Crippen molar-refractivity contribution in [2.45, 2.75) is 25.0 Å². The summed E-state index contributed by atoms with van der Waals surface area (Å²) in [4.78, 5) is 40.0. The quantitative estimate of drug-likeness (QED) is 0.535. The van der Waals surface area contributed by atoms with Gasteiger partial charge in [0.05, 0.1) is 27.3 Å². The largest absolute Gasteiger partial charge is 0.490 e. The average molecular weight is 506 g/mol. The summed E-state index contributed by atoms with van der Waals surface area (Å²) in [7, 11) is 0. The second-order valence-corrected chi connectivity index (χ2v) is 9.21. The number of carbonyl (C=O) groups excluding carboxylic acids is 3. The third-order valence-corrected chi connectivity index (χ3v) is 6.65. The van der Waals surface area contributed by atoms with Gasteiger partial charge in [0.25, 0.3) is 11.8 Å². The van der Waals surface area contributed by atoms with Gasteiger partial charge in [-0.3, -0.25) is 19.3 Å². The predicted molar refractivity (Wildman–Crippen MR) is 127 cm³/mol. The van der Waals surface area contributed by atoms with E-state index < -0.39 is 23.8 Å². The highest BCUT2D eigenvalue weighted by molar-refractivity contribution is 6.42. The molecular weight excluding hydrogens is 481 g/mol. The van der Waals surface area contributed by atoms with Crippen molar-refractivity contribution in [2.24, 2.45) is 0 Å². The maximum Gasteiger partial charge on any atom is 0.262 e. The van der Waals surface area contributed by atoms with Gasteiger partial charge in [-0.2, -0.15) is 0 Å². The zero-order valence-electron chi connectivity index (χ0n) is 18.4. The number of nitrogens with zero attached hydrogens (tertiary/aromatic N) is 2. The maximum atomic E-state index is 12.4. The second kappa shape index (κ2) is 10.7. The molecule has 4 rings (SSSR count). The molecule has 2 aromatic carbocycles. The Labute approximate surface area is 207 Å². The van der Waals surface area contributed by atoms with Crippen molar-refractivity contribution in [1.82, 2.24) is 15.1 Å². The van der Waals surface area contributed by atoms with E-state index in [2.05, 4.69) is 10.2 Å². The Morgan fingerprint density at radius 1 is 1.06 bits per heavy atom. The number of piperidine rings is 1. The zero-order chi connectivity index (χ0) is 24.2. The molecule has 0 aromatic heterocycles. The van der Waals surface area contributed by atoms with Crippen LogP contribution in [-0.4, -0.2) is 77.6 Å². The molecule has 8 nitrogen and oxygen atoms in total. The van der Waals surface area contributed by atoms with Gasteiger partial charge in [-0.1, -0.05) is 35.3 Å². The SMILES string of the molecule is O=C(CN1C(=O)c2ccccc2C1=O)NC[C@@H](O)CN1CCC(Oc2ccc(Cl)c(Cl)c2)CC1. The predicted octanol–water partition coefficient (Wildman–Crippen LogP) is 2.61. The lowest BCUT2D eigenvalue weighted by Crippen LogP contribution is -2.46. The van der Waals surface area contributed by atoms with E-state index in [0.717, 1.165) is 30.8 Å². The van der Waals surface area contributed by atoms with Crippen LogP contribution >= 0.6 is 23.2 Å². The lowest BCUT2D eigenvalue weighted by atomic mass is 10.1. The molecule has 1 atom stereocenters. The summed E-state index contributed by atoms with van der Waals surface area (Å²) in [6.07, 6.45) is 0.849. The lowest BCUT2D eigenvalue weighted by molar-refractivity contribution is -0.121. The van der Waals surface area contributed by atoms with Crippen LogP contribution in [0.5, 0.6) is 5.75 Å². The van der Waals surface area contributed by atoms with Crippen molar-refractivity contribution in [3.8, 4) is 5.75 Å². The fourth-order valence-corrected chi connectivity index (χ4v) is 4.42. The summed E-state index contributed by atoms with van der Waals surface area (Å²) in [5.74, 6) is -0.791. The molecule has 0 aliphatic carbocycles. The molecule has 2 aliphatic rings. The van der Waals surface area contributed by atoms with Crippen LogP contribution in [-0.2, 0) is 4.79 Å². The first-order chi connectivity index (χ1) is 16.3. The van der Waals surface area contributed by atoms with Gasteiger partial charge in [0.1, 0.15) is 18.4 Å². The van der Waals surface area contributed by atoms with Crippen molar-refractivity contribution in [1.29, 1.82) is 0 Å². The molecule has 0 spiro atoms. The minimum atomic E-state index is -0.779. The van der Waals surface area contributed by atoms with Crippen LogP contribution in [0.15, 0.2) is 42.5 Å². The van der Waals surface area contributed by atoms with Crippen LogP contribution in [0.2, 0.25) is 10.0 Å². The van der Waals surface area contributed by atoms with Gasteiger partial charge in [0.2, 0.25) is 5.91 Å². The van der Waals surface area contributed by atoms with E-state index in [0.29, 0.717) is 33.5 Å². The van der Waals surface area contributed by atoms with Crippen molar-refractivity contribution in [3.63, 3.8) is 0 Å². The molecule has 2 aliphatic heterocycles. The Hall–Kier alpha value is -2.65. The molecule has 10 heteroatoms. The average Bonchev–Trinajstić information content (AvgIpc) is 3.06. The molecule has 3 amide bonds. The zero-order valence-corrected chi connectivity index (χ0v) is 19.9. The van der Waals surface area contributed by atoms with Gasteiger partial charge in [-0.25, -0.2) is 0 Å². The number of imide groups is 1. The molecule has 0 bridgehead atoms. The minimum absolute atomic E-state index is 0.0295. The first-order valence-corrected chi connectivity index (χ1v) is 11.8. The van der Waals surface area contributed by atoms with Crippen LogP contribution in [0.1, 0.15) is 33.6 Å². The highest BCUT2D eigenvalue weighted by Crippen LogP contribution is 2.28. The fourth-order valence-electron chi connectivity index (χ4n) is 4.13. The van der Waals surface area contributed by atoms with E-state index in [1.54, 1.807) is 42.5 Å². The molecule has 0 saturated carbocycles. The first kappa shape index (κ1) is 24.5. The molecule has 0 unspecified atom stereocenters. The third-order valence-electron chi connectivity index (χ3n) is 5.91. The Kier molecular flexibility index (Phi) is 7.73. The van der Waals surface area contributed by atoms with Gasteiger partial charge in [0, 0.05) is 32.2 Å². The normalized spacial score (nSPS) is 17.6. The van der Waals surface area contributed by atoms with E-state index >= 15 is 0 Å².